The van der Waals surface area contributed by atoms with E-state index in [-0.39, 0.29) is 36.0 Å². The highest BCUT2D eigenvalue weighted by atomic mass is 31.2. The molecule has 0 fully saturated rings. The molecular weight excluding hydrogens is 387 g/mol. The van der Waals surface area contributed by atoms with Crippen LogP contribution in [-0.4, -0.2) is 32.3 Å². The second kappa shape index (κ2) is 10.1. The first-order valence-electron chi connectivity index (χ1n) is 10.1. The topological polar surface area (TPSA) is 61.8 Å². The van der Waals surface area contributed by atoms with E-state index in [0.29, 0.717) is 0 Å². The summed E-state index contributed by atoms with van der Waals surface area (Å²) in [6.45, 7) is 16.8. The van der Waals surface area contributed by atoms with Crippen LogP contribution in [0.1, 0.15) is 72.1 Å². The zero-order chi connectivity index (χ0) is 22.5. The van der Waals surface area contributed by atoms with Gasteiger partial charge >= 0.3 is 7.60 Å². The Morgan fingerprint density at radius 3 is 1.97 bits per heavy atom. The van der Waals surface area contributed by atoms with Crippen LogP contribution in [0.2, 0.25) is 0 Å². The molecule has 0 aliphatic heterocycles. The minimum Gasteiger partial charge on any atom is -0.496 e. The molecule has 0 amide bonds. The van der Waals surface area contributed by atoms with E-state index in [1.807, 2.05) is 6.07 Å². The average Bonchev–Trinajstić information content (AvgIpc) is 2.57. The Morgan fingerprint density at radius 2 is 1.55 bits per heavy atom. The molecule has 0 radical (unpaired) electrons. The predicted octanol–water partition coefficient (Wildman–Crippen LogP) is 6.14. The maximum absolute atomic E-state index is 12.6. The first-order valence-corrected chi connectivity index (χ1v) is 11.8. The van der Waals surface area contributed by atoms with Crippen LogP contribution in [0.4, 0.5) is 0 Å². The smallest absolute Gasteiger partial charge is 0.338 e. The molecule has 0 aliphatic rings. The maximum Gasteiger partial charge on any atom is 0.338 e. The van der Waals surface area contributed by atoms with Gasteiger partial charge in [0.2, 0.25) is 0 Å². The molecule has 6 heteroatoms. The lowest BCUT2D eigenvalue weighted by atomic mass is 9.79. The van der Waals surface area contributed by atoms with Crippen molar-refractivity contribution in [3.63, 3.8) is 0 Å². The molecule has 0 bridgehead atoms. The monoisotopic (exact) mass is 424 g/mol. The molecule has 0 spiro atoms. The molecule has 0 unspecified atom stereocenters. The number of rotatable bonds is 9. The highest BCUT2D eigenvalue weighted by Gasteiger charge is 2.27. The van der Waals surface area contributed by atoms with Gasteiger partial charge in [0.1, 0.15) is 11.9 Å². The number of carbonyl (C=O) groups excluding carboxylic acids is 1. The Labute approximate surface area is 176 Å². The lowest BCUT2D eigenvalue weighted by molar-refractivity contribution is -0.112. The van der Waals surface area contributed by atoms with E-state index >= 15 is 0 Å². The molecule has 0 atom stereocenters. The van der Waals surface area contributed by atoms with Gasteiger partial charge in [0.25, 0.3) is 0 Å². The third-order valence-electron chi connectivity index (χ3n) is 4.45. The molecule has 164 valence electrons. The van der Waals surface area contributed by atoms with Crippen molar-refractivity contribution in [2.45, 2.75) is 66.2 Å². The summed E-state index contributed by atoms with van der Waals surface area (Å²) in [5.74, 6) is 0.433. The summed E-state index contributed by atoms with van der Waals surface area (Å²) in [5.41, 5.74) is 2.87. The first kappa shape index (κ1) is 25.6. The molecule has 1 aromatic carbocycles. The fourth-order valence-corrected chi connectivity index (χ4v) is 4.47. The highest BCUT2D eigenvalue weighted by molar-refractivity contribution is 7.54. The van der Waals surface area contributed by atoms with E-state index in [1.54, 1.807) is 27.0 Å². The standard InChI is InChI=1S/C23H37O5P/c1-10-27-29(25,28-11-2)16-19(24)13-12-17-14-18(22(3,4)5)15-20(21(17)26-9)23(6,7)8/h12-15H,10-11,16H2,1-9H3/b13-12+. The fourth-order valence-electron chi connectivity index (χ4n) is 2.94. The molecule has 5 nitrogen and oxygen atoms in total. The number of benzene rings is 1. The molecule has 0 saturated heterocycles. The van der Waals surface area contributed by atoms with Crippen molar-refractivity contribution in [2.75, 3.05) is 26.5 Å². The van der Waals surface area contributed by atoms with Gasteiger partial charge in [-0.05, 0) is 48.5 Å². The van der Waals surface area contributed by atoms with Crippen molar-refractivity contribution in [1.82, 2.24) is 0 Å². The molecule has 29 heavy (non-hydrogen) atoms. The van der Waals surface area contributed by atoms with Crippen molar-refractivity contribution in [1.29, 1.82) is 0 Å². The number of carbonyl (C=O) groups is 1. The third kappa shape index (κ3) is 7.40. The number of allylic oxidation sites excluding steroid dienone is 1. The minimum atomic E-state index is -3.42. The van der Waals surface area contributed by atoms with Crippen molar-refractivity contribution in [3.8, 4) is 5.75 Å². The lowest BCUT2D eigenvalue weighted by Crippen LogP contribution is -2.18. The number of ketones is 1. The molecule has 0 N–H and O–H groups in total. The Morgan fingerprint density at radius 1 is 1.00 bits per heavy atom. The van der Waals surface area contributed by atoms with Crippen molar-refractivity contribution in [3.05, 3.63) is 34.9 Å². The van der Waals surface area contributed by atoms with Crippen LogP contribution in [0.3, 0.4) is 0 Å². The van der Waals surface area contributed by atoms with E-state index in [0.717, 1.165) is 22.4 Å². The number of ether oxygens (including phenoxy) is 1. The summed E-state index contributed by atoms with van der Waals surface area (Å²) in [5, 5.41) is 0. The molecule has 0 aliphatic carbocycles. The van der Waals surface area contributed by atoms with Crippen LogP contribution in [0.15, 0.2) is 18.2 Å². The Balaban J connectivity index is 3.35. The van der Waals surface area contributed by atoms with Gasteiger partial charge in [0.15, 0.2) is 5.78 Å². The van der Waals surface area contributed by atoms with Crippen LogP contribution >= 0.6 is 7.60 Å². The lowest BCUT2D eigenvalue weighted by Gasteiger charge is -2.28. The quantitative estimate of drug-likeness (QED) is 0.352. The maximum atomic E-state index is 12.6. The van der Waals surface area contributed by atoms with Gasteiger partial charge in [0.05, 0.1) is 20.3 Å². The van der Waals surface area contributed by atoms with Crippen LogP contribution in [0.25, 0.3) is 6.08 Å². The largest absolute Gasteiger partial charge is 0.496 e. The van der Waals surface area contributed by atoms with E-state index in [4.69, 9.17) is 13.8 Å². The number of methoxy groups -OCH3 is 1. The van der Waals surface area contributed by atoms with Gasteiger partial charge in [-0.15, -0.1) is 0 Å². The second-order valence-corrected chi connectivity index (χ2v) is 11.1. The Kier molecular flexibility index (Phi) is 8.89. The van der Waals surface area contributed by atoms with Gasteiger partial charge < -0.3 is 13.8 Å². The summed E-state index contributed by atoms with van der Waals surface area (Å²) in [4.78, 5) is 12.5. The van der Waals surface area contributed by atoms with E-state index in [9.17, 15) is 9.36 Å². The summed E-state index contributed by atoms with van der Waals surface area (Å²) in [6, 6.07) is 4.22. The molecule has 0 aromatic heterocycles. The molecule has 1 aromatic rings. The van der Waals surface area contributed by atoms with E-state index in [2.05, 4.69) is 47.6 Å². The molecule has 0 saturated carbocycles. The molecule has 0 heterocycles. The fraction of sp³-hybridized carbons (Fsp3) is 0.609. The molecule has 1 rings (SSSR count). The zero-order valence-electron chi connectivity index (χ0n) is 19.4. The van der Waals surface area contributed by atoms with E-state index < -0.39 is 7.60 Å². The van der Waals surface area contributed by atoms with Gasteiger partial charge in [-0.1, -0.05) is 47.6 Å². The van der Waals surface area contributed by atoms with Gasteiger partial charge in [-0.3, -0.25) is 9.36 Å². The van der Waals surface area contributed by atoms with Crippen LogP contribution in [0, 0.1) is 0 Å². The summed E-state index contributed by atoms with van der Waals surface area (Å²) in [7, 11) is -1.78. The van der Waals surface area contributed by atoms with Crippen molar-refractivity contribution < 1.29 is 23.1 Å². The third-order valence-corrected chi connectivity index (χ3v) is 6.45. The average molecular weight is 425 g/mol. The second-order valence-electron chi connectivity index (χ2n) is 9.05. The van der Waals surface area contributed by atoms with Crippen molar-refractivity contribution >= 4 is 19.5 Å². The van der Waals surface area contributed by atoms with Gasteiger partial charge in [-0.2, -0.15) is 0 Å². The number of hydrogen-bond acceptors (Lipinski definition) is 5. The summed E-state index contributed by atoms with van der Waals surface area (Å²) >= 11 is 0. The van der Waals surface area contributed by atoms with Crippen LogP contribution < -0.4 is 4.74 Å². The van der Waals surface area contributed by atoms with Gasteiger partial charge in [-0.25, -0.2) is 0 Å². The van der Waals surface area contributed by atoms with Crippen molar-refractivity contribution in [2.24, 2.45) is 0 Å². The normalized spacial score (nSPS) is 13.1. The first-order chi connectivity index (χ1) is 13.3. The van der Waals surface area contributed by atoms with Crippen LogP contribution in [0.5, 0.6) is 5.75 Å². The molecular formula is C23H37O5P. The minimum absolute atomic E-state index is 0.0570. The highest BCUT2D eigenvalue weighted by Crippen LogP contribution is 2.48. The van der Waals surface area contributed by atoms with E-state index in [1.165, 1.54) is 6.08 Å². The predicted molar refractivity (Wildman–Crippen MR) is 120 cm³/mol. The van der Waals surface area contributed by atoms with Crippen LogP contribution in [-0.2, 0) is 29.2 Å². The summed E-state index contributed by atoms with van der Waals surface area (Å²) in [6.07, 6.45) is 2.88. The number of hydrogen-bond donors (Lipinski definition) is 0. The van der Waals surface area contributed by atoms with Gasteiger partial charge in [0, 0.05) is 11.1 Å². The SMILES string of the molecule is CCOP(=O)(CC(=O)/C=C/c1cc(C(C)(C)C)cc(C(C)(C)C)c1OC)OCC. The summed E-state index contributed by atoms with van der Waals surface area (Å²) < 4.78 is 28.8. The Hall–Kier alpha value is -1.42. The zero-order valence-corrected chi connectivity index (χ0v) is 20.3. The Bertz CT molecular complexity index is 772.